The van der Waals surface area contributed by atoms with Gasteiger partial charge in [-0.3, -0.25) is 10.1 Å². The van der Waals surface area contributed by atoms with Crippen molar-refractivity contribution >= 4 is 17.0 Å². The van der Waals surface area contributed by atoms with E-state index in [4.69, 9.17) is 0 Å². The second kappa shape index (κ2) is 6.86. The Kier molecular flexibility index (Phi) is 5.45. The molecule has 4 nitrogen and oxygen atoms in total. The van der Waals surface area contributed by atoms with Crippen molar-refractivity contribution in [1.29, 1.82) is 0 Å². The molecule has 0 unspecified atom stereocenters. The maximum atomic E-state index is 10.5. The Hall–Kier alpha value is -1.75. The first-order valence-corrected chi connectivity index (χ1v) is 6.78. The van der Waals surface area contributed by atoms with Crippen LogP contribution in [0.4, 0.5) is 5.69 Å². The number of aryl methyl sites for hydroxylation is 1. The molecule has 2 rings (SSSR count). The number of thiazole rings is 1. The summed E-state index contributed by atoms with van der Waals surface area (Å²) in [7, 11) is 0. The highest BCUT2D eigenvalue weighted by Gasteiger charge is 2.07. The molecule has 96 valence electrons. The summed E-state index contributed by atoms with van der Waals surface area (Å²) in [5, 5.41) is 13.5. The van der Waals surface area contributed by atoms with Gasteiger partial charge in [0.2, 0.25) is 0 Å². The molecule has 0 amide bonds. The van der Waals surface area contributed by atoms with Gasteiger partial charge in [-0.1, -0.05) is 20.8 Å². The van der Waals surface area contributed by atoms with E-state index in [0.717, 1.165) is 22.7 Å². The Labute approximate surface area is 110 Å². The summed E-state index contributed by atoms with van der Waals surface area (Å²) in [6.07, 6.45) is 0.914. The zero-order chi connectivity index (χ0) is 13.5. The van der Waals surface area contributed by atoms with Crippen LogP contribution in [0.25, 0.3) is 11.3 Å². The lowest BCUT2D eigenvalue weighted by Crippen LogP contribution is -1.87. The van der Waals surface area contributed by atoms with Crippen molar-refractivity contribution in [2.24, 2.45) is 0 Å². The standard InChI is InChI=1S/C11H10N2O2S.C2H6/c1-2-11-12-10(7-16-11)8-3-5-9(6-4-8)13(14)15;1-2/h3-7H,2H2,1H3;1-2H3. The average Bonchev–Trinajstić information content (AvgIpc) is 2.90. The molecule has 0 bridgehead atoms. The zero-order valence-electron chi connectivity index (χ0n) is 10.7. The van der Waals surface area contributed by atoms with Crippen LogP contribution in [0.2, 0.25) is 0 Å². The summed E-state index contributed by atoms with van der Waals surface area (Å²) in [6.45, 7) is 6.05. The van der Waals surface area contributed by atoms with Crippen LogP contribution >= 0.6 is 11.3 Å². The van der Waals surface area contributed by atoms with E-state index in [1.165, 1.54) is 12.1 Å². The van der Waals surface area contributed by atoms with Gasteiger partial charge >= 0.3 is 0 Å². The first-order valence-electron chi connectivity index (χ1n) is 5.90. The molecule has 1 heterocycles. The van der Waals surface area contributed by atoms with Crippen LogP contribution in [0.15, 0.2) is 29.6 Å². The van der Waals surface area contributed by atoms with Crippen LogP contribution < -0.4 is 0 Å². The molecular formula is C13H16N2O2S. The van der Waals surface area contributed by atoms with Crippen molar-refractivity contribution in [1.82, 2.24) is 4.98 Å². The Morgan fingerprint density at radius 3 is 2.33 bits per heavy atom. The van der Waals surface area contributed by atoms with E-state index in [2.05, 4.69) is 11.9 Å². The molecule has 0 radical (unpaired) electrons. The Balaban J connectivity index is 0.000000771. The average molecular weight is 264 g/mol. The van der Waals surface area contributed by atoms with Gasteiger partial charge in [-0.25, -0.2) is 4.98 Å². The summed E-state index contributed by atoms with van der Waals surface area (Å²) in [5.41, 5.74) is 1.91. The Bertz CT molecular complexity index is 506. The monoisotopic (exact) mass is 264 g/mol. The number of nitro benzene ring substituents is 1. The lowest BCUT2D eigenvalue weighted by molar-refractivity contribution is -0.384. The van der Waals surface area contributed by atoms with Crippen molar-refractivity contribution in [2.45, 2.75) is 27.2 Å². The minimum atomic E-state index is -0.400. The van der Waals surface area contributed by atoms with E-state index in [0.29, 0.717) is 0 Å². The van der Waals surface area contributed by atoms with Gasteiger partial charge in [-0.15, -0.1) is 11.3 Å². The molecule has 0 fully saturated rings. The summed E-state index contributed by atoms with van der Waals surface area (Å²) in [5.74, 6) is 0. The van der Waals surface area contributed by atoms with Crippen molar-refractivity contribution in [3.8, 4) is 11.3 Å². The zero-order valence-corrected chi connectivity index (χ0v) is 11.5. The number of nitrogens with zero attached hydrogens (tertiary/aromatic N) is 2. The molecule has 5 heteroatoms. The van der Waals surface area contributed by atoms with Crippen LogP contribution in [0.1, 0.15) is 25.8 Å². The van der Waals surface area contributed by atoms with E-state index in [1.54, 1.807) is 23.5 Å². The van der Waals surface area contributed by atoms with Crippen molar-refractivity contribution in [3.05, 3.63) is 44.8 Å². The smallest absolute Gasteiger partial charge is 0.258 e. The number of hydrogen-bond acceptors (Lipinski definition) is 4. The molecule has 1 aromatic heterocycles. The number of benzene rings is 1. The third kappa shape index (κ3) is 3.37. The SMILES string of the molecule is CC.CCc1nc(-c2ccc([N+](=O)[O-])cc2)cs1. The van der Waals surface area contributed by atoms with E-state index in [-0.39, 0.29) is 5.69 Å². The molecule has 1 aromatic carbocycles. The van der Waals surface area contributed by atoms with E-state index >= 15 is 0 Å². The third-order valence-corrected chi connectivity index (χ3v) is 3.22. The highest BCUT2D eigenvalue weighted by atomic mass is 32.1. The summed E-state index contributed by atoms with van der Waals surface area (Å²) in [4.78, 5) is 14.5. The number of non-ortho nitro benzene ring substituents is 1. The molecule has 0 aliphatic heterocycles. The van der Waals surface area contributed by atoms with Gasteiger partial charge in [0.25, 0.3) is 5.69 Å². The molecule has 0 aliphatic rings. The van der Waals surface area contributed by atoms with Crippen LogP contribution in [-0.4, -0.2) is 9.91 Å². The van der Waals surface area contributed by atoms with Crippen LogP contribution in [0.3, 0.4) is 0 Å². The predicted molar refractivity (Wildman–Crippen MR) is 74.9 cm³/mol. The summed E-state index contributed by atoms with van der Waals surface area (Å²) >= 11 is 1.61. The first kappa shape index (κ1) is 14.3. The molecule has 0 aliphatic carbocycles. The van der Waals surface area contributed by atoms with Gasteiger partial charge < -0.3 is 0 Å². The lowest BCUT2D eigenvalue weighted by Gasteiger charge is -1.95. The Morgan fingerprint density at radius 1 is 1.28 bits per heavy atom. The first-order chi connectivity index (χ1) is 8.70. The molecule has 0 saturated carbocycles. The van der Waals surface area contributed by atoms with Gasteiger partial charge in [-0.2, -0.15) is 0 Å². The molecule has 2 aromatic rings. The predicted octanol–water partition coefficient (Wildman–Crippen LogP) is 4.31. The number of aromatic nitrogens is 1. The summed E-state index contributed by atoms with van der Waals surface area (Å²) in [6, 6.07) is 6.46. The molecule has 0 saturated heterocycles. The highest BCUT2D eigenvalue weighted by Crippen LogP contribution is 2.24. The van der Waals surface area contributed by atoms with E-state index in [1.807, 2.05) is 19.2 Å². The molecular weight excluding hydrogens is 248 g/mol. The topological polar surface area (TPSA) is 56.0 Å². The van der Waals surface area contributed by atoms with Gasteiger partial charge in [0, 0.05) is 23.1 Å². The normalized spacial score (nSPS) is 9.50. The Morgan fingerprint density at radius 2 is 1.89 bits per heavy atom. The van der Waals surface area contributed by atoms with Gasteiger partial charge in [-0.05, 0) is 18.6 Å². The fourth-order valence-electron chi connectivity index (χ4n) is 1.36. The second-order valence-corrected chi connectivity index (χ2v) is 4.23. The highest BCUT2D eigenvalue weighted by molar-refractivity contribution is 7.09. The van der Waals surface area contributed by atoms with Gasteiger partial charge in [0.1, 0.15) is 0 Å². The number of nitro groups is 1. The molecule has 18 heavy (non-hydrogen) atoms. The number of hydrogen-bond donors (Lipinski definition) is 0. The lowest BCUT2D eigenvalue weighted by atomic mass is 10.1. The van der Waals surface area contributed by atoms with E-state index < -0.39 is 4.92 Å². The quantitative estimate of drug-likeness (QED) is 0.613. The fourth-order valence-corrected chi connectivity index (χ4v) is 2.11. The maximum absolute atomic E-state index is 10.5. The van der Waals surface area contributed by atoms with Crippen molar-refractivity contribution in [2.75, 3.05) is 0 Å². The van der Waals surface area contributed by atoms with E-state index in [9.17, 15) is 10.1 Å². The second-order valence-electron chi connectivity index (χ2n) is 3.28. The fraction of sp³-hybridized carbons (Fsp3) is 0.308. The van der Waals surface area contributed by atoms with Crippen LogP contribution in [0, 0.1) is 10.1 Å². The minimum Gasteiger partial charge on any atom is -0.258 e. The number of rotatable bonds is 3. The van der Waals surface area contributed by atoms with Crippen molar-refractivity contribution < 1.29 is 4.92 Å². The maximum Gasteiger partial charge on any atom is 0.269 e. The van der Waals surface area contributed by atoms with Crippen LogP contribution in [-0.2, 0) is 6.42 Å². The van der Waals surface area contributed by atoms with Crippen LogP contribution in [0.5, 0.6) is 0 Å². The summed E-state index contributed by atoms with van der Waals surface area (Å²) < 4.78 is 0. The van der Waals surface area contributed by atoms with Gasteiger partial charge in [0.15, 0.2) is 0 Å². The van der Waals surface area contributed by atoms with Gasteiger partial charge in [0.05, 0.1) is 15.6 Å². The molecule has 0 atom stereocenters. The largest absolute Gasteiger partial charge is 0.269 e. The minimum absolute atomic E-state index is 0.106. The van der Waals surface area contributed by atoms with Crippen molar-refractivity contribution in [3.63, 3.8) is 0 Å². The molecule has 0 spiro atoms. The third-order valence-electron chi connectivity index (χ3n) is 2.23. The molecule has 0 N–H and O–H groups in total.